The second-order valence-electron chi connectivity index (χ2n) is 14.7. The lowest BCUT2D eigenvalue weighted by molar-refractivity contribution is 0.660. The van der Waals surface area contributed by atoms with Crippen molar-refractivity contribution in [3.8, 4) is 22.3 Å². The Bertz CT molecular complexity index is 2310. The molecule has 0 heterocycles. The summed E-state index contributed by atoms with van der Waals surface area (Å²) < 4.78 is 0. The number of benzene rings is 7. The summed E-state index contributed by atoms with van der Waals surface area (Å²) >= 11 is 0. The lowest BCUT2D eigenvalue weighted by atomic mass is 9.77. The quantitative estimate of drug-likeness (QED) is 0.175. The van der Waals surface area contributed by atoms with Gasteiger partial charge in [-0.15, -0.1) is 0 Å². The van der Waals surface area contributed by atoms with E-state index in [9.17, 15) is 0 Å². The fourth-order valence-electron chi connectivity index (χ4n) is 8.72. The zero-order valence-corrected chi connectivity index (χ0v) is 29.8. The van der Waals surface area contributed by atoms with Crippen LogP contribution in [0.15, 0.2) is 158 Å². The minimum absolute atomic E-state index is 0.150. The van der Waals surface area contributed by atoms with E-state index in [1.54, 1.807) is 0 Å². The van der Waals surface area contributed by atoms with Crippen molar-refractivity contribution < 1.29 is 0 Å². The van der Waals surface area contributed by atoms with Crippen molar-refractivity contribution in [2.24, 2.45) is 0 Å². The monoisotopic (exact) mass is 658 g/mol. The summed E-state index contributed by atoms with van der Waals surface area (Å²) in [7, 11) is 0. The van der Waals surface area contributed by atoms with Crippen LogP contribution < -0.4 is 9.80 Å². The van der Waals surface area contributed by atoms with Gasteiger partial charge in [0.2, 0.25) is 0 Å². The maximum atomic E-state index is 2.55. The van der Waals surface area contributed by atoms with E-state index in [4.69, 9.17) is 0 Å². The van der Waals surface area contributed by atoms with Crippen LogP contribution in [0, 0.1) is 13.8 Å². The van der Waals surface area contributed by atoms with Crippen molar-refractivity contribution in [2.75, 3.05) is 9.80 Å². The van der Waals surface area contributed by atoms with Crippen LogP contribution in [0.25, 0.3) is 22.3 Å². The number of rotatable bonds is 6. The van der Waals surface area contributed by atoms with E-state index in [2.05, 4.69) is 195 Å². The summed E-state index contributed by atoms with van der Waals surface area (Å²) in [6.45, 7) is 9.43. The van der Waals surface area contributed by atoms with Gasteiger partial charge in [0.05, 0.1) is 0 Å². The molecule has 9 rings (SSSR count). The number of hydrogen-bond donors (Lipinski definition) is 0. The molecular weight excluding hydrogens is 617 g/mol. The third-order valence-electron chi connectivity index (χ3n) is 11.1. The molecule has 0 saturated carbocycles. The number of para-hydroxylation sites is 4. The molecule has 7 aromatic rings. The highest BCUT2D eigenvalue weighted by atomic mass is 15.1. The van der Waals surface area contributed by atoms with E-state index in [0.717, 1.165) is 24.2 Å². The molecule has 0 amide bonds. The highest BCUT2D eigenvalue weighted by molar-refractivity contribution is 5.92. The Balaban J connectivity index is 1.16. The third-order valence-corrected chi connectivity index (χ3v) is 11.1. The zero-order valence-electron chi connectivity index (χ0n) is 29.8. The number of nitrogens with zero attached hydrogens (tertiary/aromatic N) is 2. The molecule has 0 radical (unpaired) electrons. The van der Waals surface area contributed by atoms with Gasteiger partial charge in [0, 0.05) is 39.5 Å². The molecule has 0 aliphatic heterocycles. The van der Waals surface area contributed by atoms with E-state index in [0.29, 0.717) is 0 Å². The molecule has 248 valence electrons. The van der Waals surface area contributed by atoms with E-state index in [1.807, 2.05) is 0 Å². The Morgan fingerprint density at radius 2 is 0.824 bits per heavy atom. The molecule has 0 atom stereocenters. The predicted octanol–water partition coefficient (Wildman–Crippen LogP) is 13.3. The molecule has 51 heavy (non-hydrogen) atoms. The fourth-order valence-corrected chi connectivity index (χ4v) is 8.72. The van der Waals surface area contributed by atoms with Crippen LogP contribution in [0.3, 0.4) is 0 Å². The smallest absolute Gasteiger partial charge is 0.0467 e. The van der Waals surface area contributed by atoms with Crippen LogP contribution in [0.4, 0.5) is 34.1 Å². The summed E-state index contributed by atoms with van der Waals surface area (Å²) in [6.07, 6.45) is 2.07. The van der Waals surface area contributed by atoms with Crippen LogP contribution in [0.2, 0.25) is 0 Å². The van der Waals surface area contributed by atoms with Gasteiger partial charge in [0.1, 0.15) is 0 Å². The number of aryl methyl sites for hydroxylation is 4. The molecule has 0 unspecified atom stereocenters. The van der Waals surface area contributed by atoms with Crippen LogP contribution in [-0.4, -0.2) is 0 Å². The van der Waals surface area contributed by atoms with Gasteiger partial charge in [0.15, 0.2) is 0 Å². The summed E-state index contributed by atoms with van der Waals surface area (Å²) in [5.74, 6) is 0. The first-order chi connectivity index (χ1) is 24.9. The summed E-state index contributed by atoms with van der Waals surface area (Å²) in [6, 6.07) is 57.7. The summed E-state index contributed by atoms with van der Waals surface area (Å²) in [5.41, 5.74) is 20.9. The molecule has 0 bridgehead atoms. The normalized spacial score (nSPS) is 13.5. The Morgan fingerprint density at radius 3 is 1.31 bits per heavy atom. The van der Waals surface area contributed by atoms with Gasteiger partial charge in [-0.2, -0.15) is 0 Å². The minimum Gasteiger partial charge on any atom is -0.310 e. The Labute approximate surface area is 302 Å². The third kappa shape index (κ3) is 5.17. The molecule has 0 spiro atoms. The summed E-state index contributed by atoms with van der Waals surface area (Å²) in [5, 5.41) is 0. The van der Waals surface area contributed by atoms with Crippen LogP contribution in [-0.2, 0) is 18.3 Å². The average molecular weight is 659 g/mol. The van der Waals surface area contributed by atoms with E-state index in [-0.39, 0.29) is 5.41 Å². The lowest BCUT2D eigenvalue weighted by Gasteiger charge is -2.30. The van der Waals surface area contributed by atoms with E-state index in [1.165, 1.54) is 78.4 Å². The maximum Gasteiger partial charge on any atom is 0.0467 e. The first kappa shape index (κ1) is 31.1. The second kappa shape index (κ2) is 12.2. The lowest BCUT2D eigenvalue weighted by Crippen LogP contribution is -2.18. The fraction of sp³-hybridized carbons (Fsp3) is 0.143. The van der Waals surface area contributed by atoms with Crippen molar-refractivity contribution in [1.29, 1.82) is 0 Å². The van der Waals surface area contributed by atoms with Crippen molar-refractivity contribution in [1.82, 2.24) is 0 Å². The van der Waals surface area contributed by atoms with Gasteiger partial charge >= 0.3 is 0 Å². The van der Waals surface area contributed by atoms with Gasteiger partial charge in [0.25, 0.3) is 0 Å². The first-order valence-electron chi connectivity index (χ1n) is 18.2. The maximum absolute atomic E-state index is 2.55. The highest BCUT2D eigenvalue weighted by Gasteiger charge is 2.39. The van der Waals surface area contributed by atoms with Crippen LogP contribution >= 0.6 is 0 Å². The molecule has 2 aliphatic carbocycles. The van der Waals surface area contributed by atoms with Gasteiger partial charge in [-0.3, -0.25) is 0 Å². The number of hydrogen-bond acceptors (Lipinski definition) is 2. The Kier molecular flexibility index (Phi) is 7.44. The van der Waals surface area contributed by atoms with E-state index < -0.39 is 0 Å². The molecular formula is C49H42N2. The van der Waals surface area contributed by atoms with Crippen molar-refractivity contribution in [3.63, 3.8) is 0 Å². The van der Waals surface area contributed by atoms with Gasteiger partial charge in [-0.1, -0.05) is 92.7 Å². The average Bonchev–Trinajstić information content (AvgIpc) is 3.38. The number of anilines is 6. The standard InChI is InChI=1S/C49H42N2/c1-33-27-41(50(37-17-9-5-10-18-37)38-19-11-6-12-20-38)29-36-26-25-35-30-44-45(32-43(35)47(33)36)49(3,4)46-31-42(28-34(2)48(44)46)51(39-21-13-7-14-22-39)40-23-15-8-16-24-40/h5-24,27-32H,25-26H2,1-4H3. The van der Waals surface area contributed by atoms with E-state index >= 15 is 0 Å². The number of fused-ring (bicyclic) bond motifs is 6. The Hall–Kier alpha value is -5.86. The van der Waals surface area contributed by atoms with Gasteiger partial charge < -0.3 is 9.80 Å². The summed E-state index contributed by atoms with van der Waals surface area (Å²) in [4.78, 5) is 4.78. The molecule has 0 fully saturated rings. The minimum atomic E-state index is -0.150. The second-order valence-corrected chi connectivity index (χ2v) is 14.7. The molecule has 7 aromatic carbocycles. The SMILES string of the molecule is Cc1cc(N(c2ccccc2)c2ccccc2)cc2c1-c1cc3c(cc1CC2)-c1c(C)cc(N(c2ccccc2)c2ccccc2)cc1C3(C)C. The van der Waals surface area contributed by atoms with Gasteiger partial charge in [-0.25, -0.2) is 0 Å². The predicted molar refractivity (Wildman–Crippen MR) is 216 cm³/mol. The van der Waals surface area contributed by atoms with Crippen molar-refractivity contribution >= 4 is 34.1 Å². The van der Waals surface area contributed by atoms with Gasteiger partial charge in [-0.05, 0) is 161 Å². The largest absolute Gasteiger partial charge is 0.310 e. The van der Waals surface area contributed by atoms with Crippen molar-refractivity contribution in [3.05, 3.63) is 191 Å². The molecule has 0 saturated heterocycles. The molecule has 0 aromatic heterocycles. The molecule has 2 nitrogen and oxygen atoms in total. The zero-order chi connectivity index (χ0) is 34.7. The first-order valence-corrected chi connectivity index (χ1v) is 18.2. The topological polar surface area (TPSA) is 6.48 Å². The van der Waals surface area contributed by atoms with Crippen molar-refractivity contribution in [2.45, 2.75) is 46.0 Å². The van der Waals surface area contributed by atoms with Crippen LogP contribution in [0.5, 0.6) is 0 Å². The van der Waals surface area contributed by atoms with Crippen LogP contribution in [0.1, 0.15) is 47.2 Å². The molecule has 0 N–H and O–H groups in total. The highest BCUT2D eigenvalue weighted by Crippen LogP contribution is 2.55. The Morgan fingerprint density at radius 1 is 0.392 bits per heavy atom. The molecule has 2 heteroatoms. The molecule has 2 aliphatic rings.